The first-order valence-electron chi connectivity index (χ1n) is 7.68. The number of nitriles is 1. The molecule has 5 nitrogen and oxygen atoms in total. The van der Waals surface area contributed by atoms with Gasteiger partial charge in [0.1, 0.15) is 17.6 Å². The standard InChI is InChI=1S/C19H16N2O3S/c1-25(22,23)18-8-6-16(7-9-18)24-17-4-2-3-15(11-17)19-10-5-14(12-20)13-21-19/h2,4-11,13,15H,3H2,1H3. The molecule has 0 saturated carbocycles. The predicted octanol–water partition coefficient (Wildman–Crippen LogP) is 3.36. The summed E-state index contributed by atoms with van der Waals surface area (Å²) in [6.07, 6.45) is 9.39. The second-order valence-electron chi connectivity index (χ2n) is 5.74. The van der Waals surface area contributed by atoms with Crippen molar-refractivity contribution in [3.8, 4) is 11.8 Å². The zero-order chi connectivity index (χ0) is 17.9. The van der Waals surface area contributed by atoms with Gasteiger partial charge in [-0.2, -0.15) is 5.26 Å². The summed E-state index contributed by atoms with van der Waals surface area (Å²) >= 11 is 0. The molecule has 0 N–H and O–H groups in total. The SMILES string of the molecule is CS(=O)(=O)c1ccc(OC2=CC(c3ccc(C#N)cn3)CC=C2)cc1. The largest absolute Gasteiger partial charge is 0.458 e. The van der Waals surface area contributed by atoms with Crippen LogP contribution in [0.15, 0.2) is 71.5 Å². The second-order valence-corrected chi connectivity index (χ2v) is 7.76. The maximum absolute atomic E-state index is 11.5. The van der Waals surface area contributed by atoms with Crippen LogP contribution in [0.5, 0.6) is 5.75 Å². The lowest BCUT2D eigenvalue weighted by Gasteiger charge is -2.17. The highest BCUT2D eigenvalue weighted by Crippen LogP contribution is 2.27. The van der Waals surface area contributed by atoms with Gasteiger partial charge in [0.15, 0.2) is 9.84 Å². The predicted molar refractivity (Wildman–Crippen MR) is 93.7 cm³/mol. The summed E-state index contributed by atoms with van der Waals surface area (Å²) in [5.41, 5.74) is 1.40. The normalized spacial score (nSPS) is 16.8. The molecule has 0 saturated heterocycles. The third-order valence-corrected chi connectivity index (χ3v) is 4.95. The zero-order valence-electron chi connectivity index (χ0n) is 13.6. The molecule has 1 aromatic heterocycles. The molecule has 0 amide bonds. The van der Waals surface area contributed by atoms with E-state index in [-0.39, 0.29) is 10.8 Å². The Labute approximate surface area is 146 Å². The van der Waals surface area contributed by atoms with Gasteiger partial charge in [0, 0.05) is 24.1 Å². The van der Waals surface area contributed by atoms with E-state index in [1.807, 2.05) is 24.3 Å². The van der Waals surface area contributed by atoms with Crippen molar-refractivity contribution < 1.29 is 13.2 Å². The van der Waals surface area contributed by atoms with Gasteiger partial charge in [-0.05, 0) is 55.0 Å². The maximum Gasteiger partial charge on any atom is 0.175 e. The topological polar surface area (TPSA) is 80.0 Å². The Morgan fingerprint density at radius 2 is 1.96 bits per heavy atom. The number of allylic oxidation sites excluding steroid dienone is 3. The van der Waals surface area contributed by atoms with Gasteiger partial charge in [0.2, 0.25) is 0 Å². The van der Waals surface area contributed by atoms with Crippen molar-refractivity contribution in [1.29, 1.82) is 5.26 Å². The van der Waals surface area contributed by atoms with Crippen LogP contribution >= 0.6 is 0 Å². The summed E-state index contributed by atoms with van der Waals surface area (Å²) < 4.78 is 28.8. The lowest BCUT2D eigenvalue weighted by Crippen LogP contribution is -2.05. The van der Waals surface area contributed by atoms with Crippen molar-refractivity contribution in [3.63, 3.8) is 0 Å². The summed E-state index contributed by atoms with van der Waals surface area (Å²) in [7, 11) is -3.22. The van der Waals surface area contributed by atoms with Crippen molar-refractivity contribution in [2.45, 2.75) is 17.2 Å². The molecular weight excluding hydrogens is 336 g/mol. The third kappa shape index (κ3) is 4.14. The first-order chi connectivity index (χ1) is 12.0. The lowest BCUT2D eigenvalue weighted by atomic mass is 9.95. The van der Waals surface area contributed by atoms with Gasteiger partial charge >= 0.3 is 0 Å². The maximum atomic E-state index is 11.5. The van der Waals surface area contributed by atoms with E-state index >= 15 is 0 Å². The molecule has 6 heteroatoms. The Balaban J connectivity index is 1.76. The van der Waals surface area contributed by atoms with Crippen LogP contribution in [0.3, 0.4) is 0 Å². The van der Waals surface area contributed by atoms with E-state index < -0.39 is 9.84 Å². The number of nitrogens with zero attached hydrogens (tertiary/aromatic N) is 2. The number of sulfone groups is 1. The van der Waals surface area contributed by atoms with E-state index in [2.05, 4.69) is 11.1 Å². The Kier molecular flexibility index (Phi) is 4.68. The summed E-state index contributed by atoms with van der Waals surface area (Å²) in [6.45, 7) is 0. The van der Waals surface area contributed by atoms with Crippen LogP contribution in [-0.2, 0) is 9.84 Å². The smallest absolute Gasteiger partial charge is 0.175 e. The number of hydrogen-bond donors (Lipinski definition) is 0. The van der Waals surface area contributed by atoms with Crippen LogP contribution in [-0.4, -0.2) is 19.7 Å². The number of aromatic nitrogens is 1. The van der Waals surface area contributed by atoms with Gasteiger partial charge in [0.25, 0.3) is 0 Å². The van der Waals surface area contributed by atoms with Crippen molar-refractivity contribution in [1.82, 2.24) is 4.98 Å². The van der Waals surface area contributed by atoms with Gasteiger partial charge in [-0.15, -0.1) is 0 Å². The first kappa shape index (κ1) is 16.9. The fourth-order valence-electron chi connectivity index (χ4n) is 2.51. The molecule has 25 heavy (non-hydrogen) atoms. The molecule has 1 unspecified atom stereocenters. The van der Waals surface area contributed by atoms with Gasteiger partial charge in [-0.1, -0.05) is 6.08 Å². The molecule has 0 radical (unpaired) electrons. The van der Waals surface area contributed by atoms with Crippen LogP contribution < -0.4 is 4.74 Å². The van der Waals surface area contributed by atoms with E-state index in [0.29, 0.717) is 17.1 Å². The van der Waals surface area contributed by atoms with E-state index in [9.17, 15) is 8.42 Å². The average Bonchev–Trinajstić information content (AvgIpc) is 2.62. The molecule has 0 fully saturated rings. The highest BCUT2D eigenvalue weighted by atomic mass is 32.2. The van der Waals surface area contributed by atoms with Crippen LogP contribution in [0.2, 0.25) is 0 Å². The molecule has 3 rings (SSSR count). The molecular formula is C19H16N2O3S. The zero-order valence-corrected chi connectivity index (χ0v) is 14.4. The fourth-order valence-corrected chi connectivity index (χ4v) is 3.14. The van der Waals surface area contributed by atoms with Gasteiger partial charge < -0.3 is 4.74 Å². The highest BCUT2D eigenvalue weighted by Gasteiger charge is 2.15. The summed E-state index contributed by atoms with van der Waals surface area (Å²) in [5, 5.41) is 8.84. The van der Waals surface area contributed by atoms with Crippen molar-refractivity contribution in [3.05, 3.63) is 77.8 Å². The summed E-state index contributed by atoms with van der Waals surface area (Å²) in [5.74, 6) is 1.31. The number of rotatable bonds is 4. The van der Waals surface area contributed by atoms with E-state index in [0.717, 1.165) is 12.1 Å². The van der Waals surface area contributed by atoms with Crippen molar-refractivity contribution in [2.75, 3.05) is 6.26 Å². The third-order valence-electron chi connectivity index (χ3n) is 3.82. The van der Waals surface area contributed by atoms with E-state index in [4.69, 9.17) is 10.00 Å². The molecule has 1 aliphatic rings. The summed E-state index contributed by atoms with van der Waals surface area (Å²) in [4.78, 5) is 4.59. The highest BCUT2D eigenvalue weighted by molar-refractivity contribution is 7.90. The lowest BCUT2D eigenvalue weighted by molar-refractivity contribution is 0.435. The van der Waals surface area contributed by atoms with Crippen molar-refractivity contribution >= 4 is 9.84 Å². The van der Waals surface area contributed by atoms with E-state index in [1.54, 1.807) is 24.4 Å². The average molecular weight is 352 g/mol. The molecule has 0 spiro atoms. The first-order valence-corrected chi connectivity index (χ1v) is 9.57. The number of pyridine rings is 1. The minimum atomic E-state index is -3.22. The summed E-state index contributed by atoms with van der Waals surface area (Å²) in [6, 6.07) is 12.0. The Morgan fingerprint density at radius 3 is 2.56 bits per heavy atom. The van der Waals surface area contributed by atoms with Crippen LogP contribution in [0.1, 0.15) is 23.6 Å². The van der Waals surface area contributed by atoms with Crippen LogP contribution in [0.25, 0.3) is 0 Å². The van der Waals surface area contributed by atoms with Crippen LogP contribution in [0, 0.1) is 11.3 Å². The van der Waals surface area contributed by atoms with Gasteiger partial charge in [0.05, 0.1) is 10.5 Å². The van der Waals surface area contributed by atoms with Crippen LogP contribution in [0.4, 0.5) is 0 Å². The van der Waals surface area contributed by atoms with E-state index in [1.165, 1.54) is 18.4 Å². The minimum Gasteiger partial charge on any atom is -0.458 e. The molecule has 1 atom stereocenters. The fraction of sp³-hybridized carbons (Fsp3) is 0.158. The molecule has 1 heterocycles. The number of benzene rings is 1. The Bertz CT molecular complexity index is 967. The Morgan fingerprint density at radius 1 is 1.20 bits per heavy atom. The molecule has 0 bridgehead atoms. The molecule has 126 valence electrons. The second kappa shape index (κ2) is 6.91. The Hall–Kier alpha value is -2.91. The molecule has 1 aromatic carbocycles. The number of hydrogen-bond acceptors (Lipinski definition) is 5. The quantitative estimate of drug-likeness (QED) is 0.843. The molecule has 2 aromatic rings. The van der Waals surface area contributed by atoms with Gasteiger partial charge in [-0.3, -0.25) is 4.98 Å². The van der Waals surface area contributed by atoms with Gasteiger partial charge in [-0.25, -0.2) is 8.42 Å². The monoisotopic (exact) mass is 352 g/mol. The number of ether oxygens (including phenoxy) is 1. The van der Waals surface area contributed by atoms with Crippen molar-refractivity contribution in [2.24, 2.45) is 0 Å². The molecule has 0 aliphatic heterocycles. The minimum absolute atomic E-state index is 0.0723. The molecule has 1 aliphatic carbocycles.